The Labute approximate surface area is 199 Å². The minimum absolute atomic E-state index is 0.127. The molecule has 3 heterocycles. The van der Waals surface area contributed by atoms with E-state index in [1.165, 1.54) is 0 Å². The highest BCUT2D eigenvalue weighted by Gasteiger charge is 2.30. The van der Waals surface area contributed by atoms with Gasteiger partial charge in [0.05, 0.1) is 19.3 Å². The summed E-state index contributed by atoms with van der Waals surface area (Å²) < 4.78 is 5.66. The summed E-state index contributed by atoms with van der Waals surface area (Å²) >= 11 is 0. The summed E-state index contributed by atoms with van der Waals surface area (Å²) in [5, 5.41) is 3.26. The first-order valence-corrected chi connectivity index (χ1v) is 11.4. The molecule has 0 atom stereocenters. The maximum absolute atomic E-state index is 13.0. The van der Waals surface area contributed by atoms with E-state index in [-0.39, 0.29) is 6.03 Å². The number of anilines is 5. The third kappa shape index (κ3) is 4.22. The van der Waals surface area contributed by atoms with Crippen LogP contribution in [0.4, 0.5) is 33.6 Å². The zero-order valence-corrected chi connectivity index (χ0v) is 19.7. The SMILES string of the molecule is COc1cc(N2CCN(C)CC2)ccc1Nc1ncc2c(n1)N(C)C(=O)N(c1ccccc1)C2. The first-order valence-electron chi connectivity index (χ1n) is 11.4. The number of likely N-dealkylation sites (N-methyl/N-ethyl adjacent to an activating group) is 1. The molecule has 3 aromatic rings. The van der Waals surface area contributed by atoms with Crippen molar-refractivity contribution in [1.82, 2.24) is 14.9 Å². The molecule has 34 heavy (non-hydrogen) atoms. The number of nitrogens with zero attached hydrogens (tertiary/aromatic N) is 6. The fourth-order valence-electron chi connectivity index (χ4n) is 4.34. The van der Waals surface area contributed by atoms with E-state index in [0.717, 1.165) is 54.6 Å². The van der Waals surface area contributed by atoms with E-state index in [4.69, 9.17) is 4.74 Å². The monoisotopic (exact) mass is 459 g/mol. The van der Waals surface area contributed by atoms with Crippen molar-refractivity contribution in [2.24, 2.45) is 0 Å². The lowest BCUT2D eigenvalue weighted by Gasteiger charge is -2.34. The van der Waals surface area contributed by atoms with E-state index in [2.05, 4.69) is 38.2 Å². The van der Waals surface area contributed by atoms with Gasteiger partial charge in [-0.05, 0) is 31.3 Å². The Morgan fingerprint density at radius 2 is 1.74 bits per heavy atom. The van der Waals surface area contributed by atoms with Crippen molar-refractivity contribution in [1.29, 1.82) is 0 Å². The molecule has 1 fully saturated rings. The Morgan fingerprint density at radius 3 is 2.47 bits per heavy atom. The number of amides is 2. The van der Waals surface area contributed by atoms with Crippen molar-refractivity contribution in [3.63, 3.8) is 0 Å². The lowest BCUT2D eigenvalue weighted by Crippen LogP contribution is -2.45. The first kappa shape index (κ1) is 22.0. The molecule has 2 aliphatic heterocycles. The van der Waals surface area contributed by atoms with Crippen LogP contribution < -0.4 is 24.8 Å². The molecule has 1 N–H and O–H groups in total. The number of methoxy groups -OCH3 is 1. The van der Waals surface area contributed by atoms with Crippen LogP contribution in [0.2, 0.25) is 0 Å². The summed E-state index contributed by atoms with van der Waals surface area (Å²) in [5.74, 6) is 1.73. The van der Waals surface area contributed by atoms with Crippen molar-refractivity contribution in [3.8, 4) is 5.75 Å². The molecule has 9 heteroatoms. The highest BCUT2D eigenvalue weighted by atomic mass is 16.5. The summed E-state index contributed by atoms with van der Waals surface area (Å²) in [6.45, 7) is 4.48. The third-order valence-corrected chi connectivity index (χ3v) is 6.37. The number of piperazine rings is 1. The Hall–Kier alpha value is -3.85. The van der Waals surface area contributed by atoms with Crippen molar-refractivity contribution in [2.45, 2.75) is 6.54 Å². The van der Waals surface area contributed by atoms with Gasteiger partial charge in [-0.15, -0.1) is 0 Å². The molecule has 1 saturated heterocycles. The summed E-state index contributed by atoms with van der Waals surface area (Å²) in [5.41, 5.74) is 3.63. The van der Waals surface area contributed by atoms with E-state index < -0.39 is 0 Å². The zero-order chi connectivity index (χ0) is 23.7. The number of aromatic nitrogens is 2. The van der Waals surface area contributed by atoms with Gasteiger partial charge in [-0.2, -0.15) is 4.98 Å². The van der Waals surface area contributed by atoms with Crippen molar-refractivity contribution >= 4 is 34.9 Å². The molecule has 0 aliphatic carbocycles. The van der Waals surface area contributed by atoms with Gasteiger partial charge in [-0.3, -0.25) is 9.80 Å². The average Bonchev–Trinajstić information content (AvgIpc) is 2.87. The Balaban J connectivity index is 1.37. The van der Waals surface area contributed by atoms with Crippen LogP contribution in [0, 0.1) is 0 Å². The van der Waals surface area contributed by atoms with Gasteiger partial charge in [-0.25, -0.2) is 9.78 Å². The predicted molar refractivity (Wildman–Crippen MR) is 134 cm³/mol. The van der Waals surface area contributed by atoms with Gasteiger partial charge in [0.1, 0.15) is 11.6 Å². The van der Waals surface area contributed by atoms with Crippen LogP contribution in [0.15, 0.2) is 54.7 Å². The van der Waals surface area contributed by atoms with Gasteiger partial charge >= 0.3 is 6.03 Å². The lowest BCUT2D eigenvalue weighted by atomic mass is 10.2. The summed E-state index contributed by atoms with van der Waals surface area (Å²) in [6.07, 6.45) is 1.77. The summed E-state index contributed by atoms with van der Waals surface area (Å²) in [6, 6.07) is 15.6. The molecule has 0 bridgehead atoms. The minimum atomic E-state index is -0.127. The lowest BCUT2D eigenvalue weighted by molar-refractivity contribution is 0.251. The van der Waals surface area contributed by atoms with Crippen LogP contribution in [0.5, 0.6) is 5.75 Å². The summed E-state index contributed by atoms with van der Waals surface area (Å²) in [4.78, 5) is 30.1. The number of urea groups is 1. The van der Waals surface area contributed by atoms with Crippen LogP contribution in [-0.2, 0) is 6.54 Å². The number of ether oxygens (including phenoxy) is 1. The molecular formula is C25H29N7O2. The van der Waals surface area contributed by atoms with Crippen molar-refractivity contribution < 1.29 is 9.53 Å². The highest BCUT2D eigenvalue weighted by molar-refractivity contribution is 6.05. The average molecular weight is 460 g/mol. The maximum atomic E-state index is 13.0. The molecule has 0 saturated carbocycles. The number of fused-ring (bicyclic) bond motifs is 1. The van der Waals surface area contributed by atoms with Crippen molar-refractivity contribution in [3.05, 3.63) is 60.3 Å². The van der Waals surface area contributed by atoms with E-state index in [1.807, 2.05) is 42.5 Å². The van der Waals surface area contributed by atoms with Gasteiger partial charge in [-0.1, -0.05) is 18.2 Å². The number of nitrogens with one attached hydrogen (secondary N) is 1. The van der Waals surface area contributed by atoms with E-state index in [9.17, 15) is 4.79 Å². The second-order valence-corrected chi connectivity index (χ2v) is 8.61. The van der Waals surface area contributed by atoms with Gasteiger partial charge in [0, 0.05) is 62.4 Å². The second kappa shape index (κ2) is 9.18. The van der Waals surface area contributed by atoms with Crippen LogP contribution in [0.25, 0.3) is 0 Å². The number of carbonyl (C=O) groups excluding carboxylic acids is 1. The Bertz CT molecular complexity index is 1180. The topological polar surface area (TPSA) is 77.1 Å². The van der Waals surface area contributed by atoms with E-state index in [0.29, 0.717) is 18.3 Å². The van der Waals surface area contributed by atoms with Crippen molar-refractivity contribution in [2.75, 3.05) is 67.4 Å². The van der Waals surface area contributed by atoms with Gasteiger partial charge in [0.25, 0.3) is 0 Å². The molecule has 9 nitrogen and oxygen atoms in total. The summed E-state index contributed by atoms with van der Waals surface area (Å²) in [7, 11) is 5.54. The van der Waals surface area contributed by atoms with E-state index >= 15 is 0 Å². The minimum Gasteiger partial charge on any atom is -0.494 e. The number of rotatable bonds is 5. The molecule has 176 valence electrons. The normalized spacial score (nSPS) is 16.4. The van der Waals surface area contributed by atoms with Crippen LogP contribution in [-0.4, -0.2) is 68.3 Å². The molecule has 5 rings (SSSR count). The number of benzene rings is 2. The first-order chi connectivity index (χ1) is 16.5. The van der Waals surface area contributed by atoms with Gasteiger partial charge in [0.15, 0.2) is 0 Å². The second-order valence-electron chi connectivity index (χ2n) is 8.61. The molecule has 0 unspecified atom stereocenters. The van der Waals surface area contributed by atoms with Gasteiger partial charge in [0.2, 0.25) is 5.95 Å². The molecule has 0 radical (unpaired) electrons. The molecular weight excluding hydrogens is 430 g/mol. The number of para-hydroxylation sites is 1. The molecule has 1 aromatic heterocycles. The maximum Gasteiger partial charge on any atom is 0.330 e. The number of carbonyl (C=O) groups is 1. The largest absolute Gasteiger partial charge is 0.494 e. The quantitative estimate of drug-likeness (QED) is 0.625. The molecule has 0 spiro atoms. The highest BCUT2D eigenvalue weighted by Crippen LogP contribution is 2.34. The standard InChI is InChI=1S/C25H29N7O2/c1-29-11-13-31(14-12-29)20-9-10-21(22(15-20)34-3)27-24-26-16-18-17-32(19-7-5-4-6-8-19)25(33)30(2)23(18)28-24/h4-10,15-16H,11-14,17H2,1-3H3,(H,26,27,28). The van der Waals surface area contributed by atoms with Crippen LogP contribution in [0.3, 0.4) is 0 Å². The van der Waals surface area contributed by atoms with Gasteiger partial charge < -0.3 is 19.9 Å². The number of hydrogen-bond acceptors (Lipinski definition) is 7. The third-order valence-electron chi connectivity index (χ3n) is 6.37. The zero-order valence-electron chi connectivity index (χ0n) is 19.7. The number of hydrogen-bond donors (Lipinski definition) is 1. The molecule has 2 aliphatic rings. The van der Waals surface area contributed by atoms with Crippen LogP contribution >= 0.6 is 0 Å². The Kier molecular flexibility index (Phi) is 5.93. The molecule has 2 amide bonds. The molecule has 2 aromatic carbocycles. The van der Waals surface area contributed by atoms with Crippen LogP contribution in [0.1, 0.15) is 5.56 Å². The fourth-order valence-corrected chi connectivity index (χ4v) is 4.34. The fraction of sp³-hybridized carbons (Fsp3) is 0.320. The van der Waals surface area contributed by atoms with E-state index in [1.54, 1.807) is 30.2 Å². The smallest absolute Gasteiger partial charge is 0.330 e. The predicted octanol–water partition coefficient (Wildman–Crippen LogP) is 3.56. The Morgan fingerprint density at radius 1 is 0.971 bits per heavy atom.